The standard InChI is InChI=1S/C13H27NO2S/c1-3-14-13(11-15)7-4-6-12(10-13)17-9-5-8-16-2/h12,14-15H,3-11H2,1-2H3. The van der Waals surface area contributed by atoms with E-state index in [9.17, 15) is 5.11 Å². The number of ether oxygens (including phenoxy) is 1. The van der Waals surface area contributed by atoms with Crippen LogP contribution in [-0.4, -0.2) is 48.5 Å². The third-order valence-electron chi connectivity index (χ3n) is 3.50. The molecule has 0 radical (unpaired) electrons. The number of thioether (sulfide) groups is 1. The lowest BCUT2D eigenvalue weighted by Crippen LogP contribution is -2.52. The van der Waals surface area contributed by atoms with Crippen LogP contribution in [0.5, 0.6) is 0 Å². The summed E-state index contributed by atoms with van der Waals surface area (Å²) in [6.07, 6.45) is 5.88. The van der Waals surface area contributed by atoms with Gasteiger partial charge in [-0.2, -0.15) is 11.8 Å². The first-order valence-corrected chi connectivity index (χ1v) is 7.77. The predicted molar refractivity (Wildman–Crippen MR) is 74.7 cm³/mol. The molecule has 1 fully saturated rings. The minimum absolute atomic E-state index is 0.00801. The molecule has 1 rings (SSSR count). The van der Waals surface area contributed by atoms with Gasteiger partial charge in [0, 0.05) is 24.5 Å². The Morgan fingerprint density at radius 2 is 2.35 bits per heavy atom. The van der Waals surface area contributed by atoms with Crippen molar-refractivity contribution in [3.63, 3.8) is 0 Å². The third-order valence-corrected chi connectivity index (χ3v) is 4.90. The zero-order valence-corrected chi connectivity index (χ0v) is 12.0. The number of likely N-dealkylation sites (N-methyl/N-ethyl adjacent to an activating group) is 1. The molecule has 1 saturated carbocycles. The molecule has 1 aliphatic rings. The molecule has 2 N–H and O–H groups in total. The molecule has 0 aromatic rings. The highest BCUT2D eigenvalue weighted by Crippen LogP contribution is 2.35. The summed E-state index contributed by atoms with van der Waals surface area (Å²) in [5.74, 6) is 1.17. The van der Waals surface area contributed by atoms with E-state index in [4.69, 9.17) is 4.74 Å². The summed E-state index contributed by atoms with van der Waals surface area (Å²) in [5.41, 5.74) is -0.00801. The second-order valence-electron chi connectivity index (χ2n) is 4.90. The van der Waals surface area contributed by atoms with Gasteiger partial charge in [0.05, 0.1) is 6.61 Å². The Labute approximate surface area is 110 Å². The van der Waals surface area contributed by atoms with Crippen LogP contribution in [0, 0.1) is 0 Å². The maximum absolute atomic E-state index is 9.61. The minimum atomic E-state index is -0.00801. The van der Waals surface area contributed by atoms with Gasteiger partial charge in [0.2, 0.25) is 0 Å². The van der Waals surface area contributed by atoms with Crippen molar-refractivity contribution in [1.29, 1.82) is 0 Å². The molecule has 4 heteroatoms. The molecule has 2 atom stereocenters. The van der Waals surface area contributed by atoms with E-state index in [1.165, 1.54) is 18.6 Å². The lowest BCUT2D eigenvalue weighted by Gasteiger charge is -2.40. The van der Waals surface area contributed by atoms with Crippen LogP contribution in [0.3, 0.4) is 0 Å². The maximum atomic E-state index is 9.61. The topological polar surface area (TPSA) is 41.5 Å². The molecule has 0 heterocycles. The second kappa shape index (κ2) is 8.35. The summed E-state index contributed by atoms with van der Waals surface area (Å²) in [7, 11) is 1.76. The SMILES string of the molecule is CCNC1(CO)CCCC(SCCCOC)C1. The van der Waals surface area contributed by atoms with E-state index >= 15 is 0 Å². The van der Waals surface area contributed by atoms with E-state index in [1.807, 2.05) is 11.8 Å². The number of methoxy groups -OCH3 is 1. The molecular weight excluding hydrogens is 234 g/mol. The third kappa shape index (κ3) is 5.16. The second-order valence-corrected chi connectivity index (χ2v) is 6.31. The largest absolute Gasteiger partial charge is 0.394 e. The van der Waals surface area contributed by atoms with Crippen LogP contribution in [0.4, 0.5) is 0 Å². The number of aliphatic hydroxyl groups excluding tert-OH is 1. The maximum Gasteiger partial charge on any atom is 0.0613 e. The lowest BCUT2D eigenvalue weighted by molar-refractivity contribution is 0.125. The number of hydrogen-bond donors (Lipinski definition) is 2. The molecular formula is C13H27NO2S. The van der Waals surface area contributed by atoms with Gasteiger partial charge in [-0.15, -0.1) is 0 Å². The Morgan fingerprint density at radius 3 is 3.00 bits per heavy atom. The van der Waals surface area contributed by atoms with E-state index in [0.29, 0.717) is 5.25 Å². The highest BCUT2D eigenvalue weighted by molar-refractivity contribution is 7.99. The van der Waals surface area contributed by atoms with E-state index in [-0.39, 0.29) is 12.1 Å². The van der Waals surface area contributed by atoms with Crippen LogP contribution in [0.25, 0.3) is 0 Å². The molecule has 0 spiro atoms. The van der Waals surface area contributed by atoms with Crippen molar-refractivity contribution in [2.75, 3.05) is 32.6 Å². The summed E-state index contributed by atoms with van der Waals surface area (Å²) in [6, 6.07) is 0. The van der Waals surface area contributed by atoms with Crippen molar-refractivity contribution in [2.45, 2.75) is 49.8 Å². The number of aliphatic hydroxyl groups is 1. The summed E-state index contributed by atoms with van der Waals surface area (Å²) >= 11 is 2.05. The van der Waals surface area contributed by atoms with Gasteiger partial charge in [-0.05, 0) is 38.0 Å². The summed E-state index contributed by atoms with van der Waals surface area (Å²) in [6.45, 7) is 4.20. The Bertz CT molecular complexity index is 200. The average Bonchev–Trinajstić information content (AvgIpc) is 2.35. The van der Waals surface area contributed by atoms with Gasteiger partial charge in [-0.3, -0.25) is 0 Å². The molecule has 102 valence electrons. The first kappa shape index (κ1) is 15.3. The van der Waals surface area contributed by atoms with Gasteiger partial charge in [-0.25, -0.2) is 0 Å². The number of rotatable bonds is 8. The molecule has 3 nitrogen and oxygen atoms in total. The highest BCUT2D eigenvalue weighted by atomic mass is 32.2. The zero-order chi connectivity index (χ0) is 12.6. The van der Waals surface area contributed by atoms with Gasteiger partial charge in [0.25, 0.3) is 0 Å². The summed E-state index contributed by atoms with van der Waals surface area (Å²) < 4.78 is 5.07. The van der Waals surface area contributed by atoms with Crippen LogP contribution < -0.4 is 5.32 Å². The zero-order valence-electron chi connectivity index (χ0n) is 11.2. The molecule has 0 aromatic heterocycles. The Hall–Kier alpha value is 0.230. The van der Waals surface area contributed by atoms with E-state index in [2.05, 4.69) is 12.2 Å². The first-order chi connectivity index (χ1) is 8.26. The quantitative estimate of drug-likeness (QED) is 0.656. The number of nitrogens with one attached hydrogen (secondary N) is 1. The van der Waals surface area contributed by atoms with Crippen LogP contribution in [-0.2, 0) is 4.74 Å². The van der Waals surface area contributed by atoms with Crippen LogP contribution in [0.2, 0.25) is 0 Å². The summed E-state index contributed by atoms with van der Waals surface area (Å²) in [5, 5.41) is 13.8. The van der Waals surface area contributed by atoms with E-state index in [1.54, 1.807) is 7.11 Å². The van der Waals surface area contributed by atoms with Gasteiger partial charge in [-0.1, -0.05) is 13.3 Å². The molecule has 0 bridgehead atoms. The molecule has 0 amide bonds. The van der Waals surface area contributed by atoms with Crippen molar-refractivity contribution in [2.24, 2.45) is 0 Å². The first-order valence-electron chi connectivity index (χ1n) is 6.73. The van der Waals surface area contributed by atoms with Gasteiger partial charge >= 0.3 is 0 Å². The molecule has 0 aliphatic heterocycles. The smallest absolute Gasteiger partial charge is 0.0613 e. The number of hydrogen-bond acceptors (Lipinski definition) is 4. The molecule has 1 aliphatic carbocycles. The van der Waals surface area contributed by atoms with Crippen molar-refractivity contribution in [3.8, 4) is 0 Å². The van der Waals surface area contributed by atoms with Crippen molar-refractivity contribution >= 4 is 11.8 Å². The lowest BCUT2D eigenvalue weighted by atomic mass is 9.82. The molecule has 0 aromatic carbocycles. The van der Waals surface area contributed by atoms with Crippen molar-refractivity contribution in [1.82, 2.24) is 5.32 Å². The predicted octanol–water partition coefficient (Wildman–Crippen LogP) is 2.04. The Kier molecular flexibility index (Phi) is 7.51. The van der Waals surface area contributed by atoms with Crippen molar-refractivity contribution in [3.05, 3.63) is 0 Å². The van der Waals surface area contributed by atoms with Crippen LogP contribution >= 0.6 is 11.8 Å². The fourth-order valence-corrected chi connectivity index (χ4v) is 4.03. The van der Waals surface area contributed by atoms with Gasteiger partial charge < -0.3 is 15.2 Å². The minimum Gasteiger partial charge on any atom is -0.394 e. The average molecular weight is 261 g/mol. The van der Waals surface area contributed by atoms with Crippen LogP contribution in [0.15, 0.2) is 0 Å². The van der Waals surface area contributed by atoms with Gasteiger partial charge in [0.1, 0.15) is 0 Å². The highest BCUT2D eigenvalue weighted by Gasteiger charge is 2.34. The van der Waals surface area contributed by atoms with Crippen molar-refractivity contribution < 1.29 is 9.84 Å². The molecule has 17 heavy (non-hydrogen) atoms. The Morgan fingerprint density at radius 1 is 1.53 bits per heavy atom. The monoisotopic (exact) mass is 261 g/mol. The molecule has 0 saturated heterocycles. The van der Waals surface area contributed by atoms with E-state index < -0.39 is 0 Å². The van der Waals surface area contributed by atoms with E-state index in [0.717, 1.165) is 32.4 Å². The fourth-order valence-electron chi connectivity index (χ4n) is 2.64. The van der Waals surface area contributed by atoms with Gasteiger partial charge in [0.15, 0.2) is 0 Å². The fraction of sp³-hybridized carbons (Fsp3) is 1.00. The Balaban J connectivity index is 2.31. The normalized spacial score (nSPS) is 29.5. The summed E-state index contributed by atoms with van der Waals surface area (Å²) in [4.78, 5) is 0. The molecule has 2 unspecified atom stereocenters. The van der Waals surface area contributed by atoms with Crippen LogP contribution in [0.1, 0.15) is 39.0 Å².